The molecule has 2 aromatic carbocycles. The van der Waals surface area contributed by atoms with Crippen molar-refractivity contribution < 1.29 is 0 Å². The lowest BCUT2D eigenvalue weighted by Crippen LogP contribution is -2.22. The van der Waals surface area contributed by atoms with Gasteiger partial charge < -0.3 is 0 Å². The van der Waals surface area contributed by atoms with Crippen molar-refractivity contribution in [1.82, 2.24) is 0 Å². The van der Waals surface area contributed by atoms with E-state index in [-0.39, 0.29) is 0 Å². The highest BCUT2D eigenvalue weighted by atomic mass is 14.4. The van der Waals surface area contributed by atoms with Gasteiger partial charge in [-0.1, -0.05) is 92.6 Å². The molecule has 0 aliphatic heterocycles. The lowest BCUT2D eigenvalue weighted by molar-refractivity contribution is 0.692. The molecule has 1 unspecified atom stereocenters. The lowest BCUT2D eigenvalue weighted by Gasteiger charge is -2.26. The highest BCUT2D eigenvalue weighted by Crippen LogP contribution is 2.38. The van der Waals surface area contributed by atoms with Crippen LogP contribution in [0, 0.1) is 11.3 Å². The molecule has 1 aliphatic rings. The Labute approximate surface area is 151 Å². The maximum Gasteiger partial charge on any atom is 0.105 e. The molecule has 2 aromatic rings. The van der Waals surface area contributed by atoms with Gasteiger partial charge in [-0.25, -0.2) is 0 Å². The van der Waals surface area contributed by atoms with Gasteiger partial charge in [0.05, 0.1) is 6.07 Å². The van der Waals surface area contributed by atoms with E-state index in [1.807, 2.05) is 24.3 Å². The molecule has 0 amide bonds. The molecular weight excluding hydrogens is 302 g/mol. The molecule has 1 atom stereocenters. The van der Waals surface area contributed by atoms with Crippen LogP contribution in [-0.2, 0) is 11.8 Å². The zero-order valence-corrected chi connectivity index (χ0v) is 14.9. The van der Waals surface area contributed by atoms with E-state index in [1.54, 1.807) is 0 Å². The van der Waals surface area contributed by atoms with Crippen molar-refractivity contribution in [1.29, 1.82) is 5.26 Å². The van der Waals surface area contributed by atoms with E-state index in [4.69, 9.17) is 0 Å². The maximum atomic E-state index is 9.90. The minimum absolute atomic E-state index is 0.564. The molecule has 0 spiro atoms. The zero-order valence-electron chi connectivity index (χ0n) is 14.9. The minimum Gasteiger partial charge on any atom is -0.197 e. The van der Waals surface area contributed by atoms with Gasteiger partial charge in [-0.2, -0.15) is 5.26 Å². The summed E-state index contributed by atoms with van der Waals surface area (Å²) in [5.41, 5.74) is 4.27. The SMILES string of the molecule is CCCCCc1ccc(-c2ccccc2C2(C#N)C=CC=CC2)cc1. The van der Waals surface area contributed by atoms with Crippen LogP contribution >= 0.6 is 0 Å². The number of allylic oxidation sites excluding steroid dienone is 4. The molecule has 0 saturated carbocycles. The molecule has 1 aliphatic carbocycles. The Balaban J connectivity index is 1.92. The Kier molecular flexibility index (Phi) is 5.51. The van der Waals surface area contributed by atoms with Crippen LogP contribution in [0.25, 0.3) is 11.1 Å². The van der Waals surface area contributed by atoms with Gasteiger partial charge in [-0.15, -0.1) is 0 Å². The van der Waals surface area contributed by atoms with Crippen molar-refractivity contribution >= 4 is 0 Å². The molecule has 0 saturated heterocycles. The third-order valence-electron chi connectivity index (χ3n) is 5.01. The second-order valence-electron chi connectivity index (χ2n) is 6.77. The normalized spacial score (nSPS) is 18.9. The second-order valence-corrected chi connectivity index (χ2v) is 6.77. The molecule has 3 rings (SSSR count). The third kappa shape index (κ3) is 3.74. The van der Waals surface area contributed by atoms with Gasteiger partial charge in [0, 0.05) is 0 Å². The van der Waals surface area contributed by atoms with E-state index in [1.165, 1.54) is 30.4 Å². The van der Waals surface area contributed by atoms with E-state index in [0.717, 1.165) is 24.0 Å². The number of unbranched alkanes of at least 4 members (excludes halogenated alkanes) is 2. The first-order valence-corrected chi connectivity index (χ1v) is 9.23. The van der Waals surface area contributed by atoms with Gasteiger partial charge in [0.1, 0.15) is 5.41 Å². The predicted octanol–water partition coefficient (Wildman–Crippen LogP) is 6.36. The van der Waals surface area contributed by atoms with Gasteiger partial charge >= 0.3 is 0 Å². The first-order chi connectivity index (χ1) is 12.3. The molecule has 25 heavy (non-hydrogen) atoms. The van der Waals surface area contributed by atoms with E-state index in [0.29, 0.717) is 0 Å². The fourth-order valence-corrected chi connectivity index (χ4v) is 3.52. The van der Waals surface area contributed by atoms with Crippen LogP contribution < -0.4 is 0 Å². The van der Waals surface area contributed by atoms with Crippen LogP contribution in [0.15, 0.2) is 72.8 Å². The average Bonchev–Trinajstić information content (AvgIpc) is 2.69. The van der Waals surface area contributed by atoms with Gasteiger partial charge in [-0.3, -0.25) is 0 Å². The Morgan fingerprint density at radius 2 is 1.80 bits per heavy atom. The number of rotatable bonds is 6. The topological polar surface area (TPSA) is 23.8 Å². The first-order valence-electron chi connectivity index (χ1n) is 9.23. The second kappa shape index (κ2) is 7.99. The van der Waals surface area contributed by atoms with Crippen LogP contribution in [-0.4, -0.2) is 0 Å². The first kappa shape index (κ1) is 17.2. The Morgan fingerprint density at radius 3 is 2.48 bits per heavy atom. The third-order valence-corrected chi connectivity index (χ3v) is 5.01. The minimum atomic E-state index is -0.564. The van der Waals surface area contributed by atoms with Crippen molar-refractivity contribution in [3.63, 3.8) is 0 Å². The molecule has 1 heteroatoms. The summed E-state index contributed by atoms with van der Waals surface area (Å²) in [5.74, 6) is 0. The number of nitrogens with zero attached hydrogens (tertiary/aromatic N) is 1. The molecule has 0 aromatic heterocycles. The van der Waals surface area contributed by atoms with Crippen molar-refractivity contribution in [2.75, 3.05) is 0 Å². The quantitative estimate of drug-likeness (QED) is 0.566. The van der Waals surface area contributed by atoms with E-state index in [2.05, 4.69) is 61.5 Å². The molecule has 0 radical (unpaired) electrons. The summed E-state index contributed by atoms with van der Waals surface area (Å²) < 4.78 is 0. The highest BCUT2D eigenvalue weighted by Gasteiger charge is 2.31. The number of benzene rings is 2. The molecule has 0 N–H and O–H groups in total. The van der Waals surface area contributed by atoms with Gasteiger partial charge in [-0.05, 0) is 41.5 Å². The summed E-state index contributed by atoms with van der Waals surface area (Å²) in [6.07, 6.45) is 13.8. The maximum absolute atomic E-state index is 9.90. The average molecular weight is 327 g/mol. The molecular formula is C24H25N. The Hall–Kier alpha value is -2.59. The van der Waals surface area contributed by atoms with Crippen molar-refractivity contribution in [3.05, 3.63) is 84.0 Å². The van der Waals surface area contributed by atoms with E-state index in [9.17, 15) is 5.26 Å². The predicted molar refractivity (Wildman–Crippen MR) is 105 cm³/mol. The number of nitriles is 1. The van der Waals surface area contributed by atoms with E-state index < -0.39 is 5.41 Å². The fraction of sp³-hybridized carbons (Fsp3) is 0.292. The molecule has 126 valence electrons. The summed E-state index contributed by atoms with van der Waals surface area (Å²) >= 11 is 0. The number of aryl methyl sites for hydroxylation is 1. The molecule has 0 heterocycles. The summed E-state index contributed by atoms with van der Waals surface area (Å²) in [5, 5.41) is 9.90. The van der Waals surface area contributed by atoms with Crippen LogP contribution in [0.5, 0.6) is 0 Å². The number of hydrogen-bond acceptors (Lipinski definition) is 1. The monoisotopic (exact) mass is 327 g/mol. The fourth-order valence-electron chi connectivity index (χ4n) is 3.52. The standard InChI is InChI=1S/C24H25N/c1-2-3-5-10-20-13-15-21(16-14-20)22-11-6-7-12-23(22)24(19-25)17-8-4-9-18-24/h4,6-9,11-17H,2-3,5,10,18H2,1H3. The van der Waals surface area contributed by atoms with Gasteiger partial charge in [0.2, 0.25) is 0 Å². The van der Waals surface area contributed by atoms with E-state index >= 15 is 0 Å². The van der Waals surface area contributed by atoms with Gasteiger partial charge in [0.25, 0.3) is 0 Å². The largest absolute Gasteiger partial charge is 0.197 e. The highest BCUT2D eigenvalue weighted by molar-refractivity contribution is 5.71. The molecule has 0 bridgehead atoms. The van der Waals surface area contributed by atoms with Crippen LogP contribution in [0.3, 0.4) is 0 Å². The Bertz CT molecular complexity index is 805. The summed E-state index contributed by atoms with van der Waals surface area (Å²) in [4.78, 5) is 0. The van der Waals surface area contributed by atoms with Crippen molar-refractivity contribution in [2.45, 2.75) is 44.4 Å². The van der Waals surface area contributed by atoms with Crippen molar-refractivity contribution in [2.24, 2.45) is 0 Å². The molecule has 1 nitrogen and oxygen atoms in total. The van der Waals surface area contributed by atoms with Gasteiger partial charge in [0.15, 0.2) is 0 Å². The summed E-state index contributed by atoms with van der Waals surface area (Å²) in [6.45, 7) is 2.24. The van der Waals surface area contributed by atoms with Crippen LogP contribution in [0.1, 0.15) is 43.7 Å². The van der Waals surface area contributed by atoms with Crippen LogP contribution in [0.2, 0.25) is 0 Å². The number of hydrogen-bond donors (Lipinski definition) is 0. The smallest absolute Gasteiger partial charge is 0.105 e. The lowest BCUT2D eigenvalue weighted by atomic mass is 9.74. The van der Waals surface area contributed by atoms with Crippen LogP contribution in [0.4, 0.5) is 0 Å². The Morgan fingerprint density at radius 1 is 1.00 bits per heavy atom. The van der Waals surface area contributed by atoms with Crippen molar-refractivity contribution in [3.8, 4) is 17.2 Å². The zero-order chi connectivity index (χ0) is 17.5. The summed E-state index contributed by atoms with van der Waals surface area (Å²) in [6, 6.07) is 19.7. The summed E-state index contributed by atoms with van der Waals surface area (Å²) in [7, 11) is 0. The molecule has 0 fully saturated rings.